The number of sulfone groups is 1. The van der Waals surface area contributed by atoms with Crippen molar-refractivity contribution in [2.24, 2.45) is 0 Å². The number of carbonyl (C=O) groups is 1. The highest BCUT2D eigenvalue weighted by Gasteiger charge is 2.31. The van der Waals surface area contributed by atoms with Gasteiger partial charge >= 0.3 is 0 Å². The molecule has 1 amide bonds. The van der Waals surface area contributed by atoms with Crippen molar-refractivity contribution in [1.29, 1.82) is 0 Å². The maximum absolute atomic E-state index is 12.4. The SMILES string of the molecule is CC(C(=O)NC1CCCCC1)S(=O)(=O)c1cccc(Cl)c1. The molecule has 1 aliphatic carbocycles. The van der Waals surface area contributed by atoms with Crippen molar-refractivity contribution in [2.45, 2.75) is 55.2 Å². The summed E-state index contributed by atoms with van der Waals surface area (Å²) >= 11 is 5.83. The number of nitrogens with one attached hydrogen (secondary N) is 1. The fourth-order valence-electron chi connectivity index (χ4n) is 2.55. The van der Waals surface area contributed by atoms with Crippen LogP contribution in [0.25, 0.3) is 0 Å². The molecule has 1 aromatic carbocycles. The number of benzene rings is 1. The molecule has 6 heteroatoms. The maximum Gasteiger partial charge on any atom is 0.238 e. The molecule has 1 atom stereocenters. The highest BCUT2D eigenvalue weighted by atomic mass is 35.5. The van der Waals surface area contributed by atoms with E-state index in [1.54, 1.807) is 12.1 Å². The lowest BCUT2D eigenvalue weighted by molar-refractivity contribution is -0.121. The van der Waals surface area contributed by atoms with Gasteiger partial charge in [0.1, 0.15) is 5.25 Å². The van der Waals surface area contributed by atoms with Crippen LogP contribution in [-0.4, -0.2) is 25.6 Å². The Morgan fingerprint density at radius 3 is 2.57 bits per heavy atom. The van der Waals surface area contributed by atoms with E-state index in [1.807, 2.05) is 0 Å². The first-order valence-electron chi connectivity index (χ1n) is 7.21. The summed E-state index contributed by atoms with van der Waals surface area (Å²) in [5.41, 5.74) is 0. The summed E-state index contributed by atoms with van der Waals surface area (Å²) < 4.78 is 24.9. The normalized spacial score (nSPS) is 18.2. The van der Waals surface area contributed by atoms with Crippen LogP contribution in [0.3, 0.4) is 0 Å². The van der Waals surface area contributed by atoms with Gasteiger partial charge in [0, 0.05) is 11.1 Å². The van der Waals surface area contributed by atoms with Gasteiger partial charge in [-0.3, -0.25) is 4.79 Å². The van der Waals surface area contributed by atoms with Crippen molar-refractivity contribution in [3.05, 3.63) is 29.3 Å². The summed E-state index contributed by atoms with van der Waals surface area (Å²) in [6.45, 7) is 1.42. The average Bonchev–Trinajstić information content (AvgIpc) is 2.47. The molecule has 1 aliphatic rings. The molecule has 2 rings (SSSR count). The summed E-state index contributed by atoms with van der Waals surface area (Å²) in [6, 6.07) is 6.12. The highest BCUT2D eigenvalue weighted by molar-refractivity contribution is 7.92. The summed E-state index contributed by atoms with van der Waals surface area (Å²) in [6.07, 6.45) is 5.20. The molecule has 1 aromatic rings. The quantitative estimate of drug-likeness (QED) is 0.923. The van der Waals surface area contributed by atoms with Gasteiger partial charge in [-0.05, 0) is 38.0 Å². The Balaban J connectivity index is 2.10. The van der Waals surface area contributed by atoms with Crippen LogP contribution < -0.4 is 5.32 Å². The van der Waals surface area contributed by atoms with Gasteiger partial charge in [-0.15, -0.1) is 0 Å². The molecule has 21 heavy (non-hydrogen) atoms. The summed E-state index contributed by atoms with van der Waals surface area (Å²) in [5.74, 6) is -0.429. The van der Waals surface area contributed by atoms with Crippen LogP contribution in [0.15, 0.2) is 29.2 Å². The number of amides is 1. The van der Waals surface area contributed by atoms with Gasteiger partial charge in [-0.1, -0.05) is 36.9 Å². The molecule has 0 bridgehead atoms. The largest absolute Gasteiger partial charge is 0.352 e. The minimum Gasteiger partial charge on any atom is -0.352 e. The molecule has 1 unspecified atom stereocenters. The lowest BCUT2D eigenvalue weighted by Gasteiger charge is -2.24. The molecule has 116 valence electrons. The van der Waals surface area contributed by atoms with Crippen LogP contribution in [0.2, 0.25) is 5.02 Å². The van der Waals surface area contributed by atoms with Crippen molar-refractivity contribution in [1.82, 2.24) is 5.32 Å². The van der Waals surface area contributed by atoms with Crippen LogP contribution in [0.5, 0.6) is 0 Å². The minimum absolute atomic E-state index is 0.0845. The lowest BCUT2D eigenvalue weighted by atomic mass is 9.95. The number of hydrogen-bond acceptors (Lipinski definition) is 3. The zero-order chi connectivity index (χ0) is 15.5. The topological polar surface area (TPSA) is 63.2 Å². The molecule has 1 N–H and O–H groups in total. The van der Waals surface area contributed by atoms with E-state index in [0.717, 1.165) is 25.7 Å². The predicted octanol–water partition coefficient (Wildman–Crippen LogP) is 2.95. The van der Waals surface area contributed by atoms with Gasteiger partial charge in [-0.25, -0.2) is 8.42 Å². The Labute approximate surface area is 130 Å². The van der Waals surface area contributed by atoms with E-state index in [0.29, 0.717) is 5.02 Å². The van der Waals surface area contributed by atoms with E-state index in [2.05, 4.69) is 5.32 Å². The molecule has 0 aliphatic heterocycles. The summed E-state index contributed by atoms with van der Waals surface area (Å²) in [5, 5.41) is 2.09. The second kappa shape index (κ2) is 6.79. The predicted molar refractivity (Wildman–Crippen MR) is 83.1 cm³/mol. The fourth-order valence-corrected chi connectivity index (χ4v) is 4.13. The van der Waals surface area contributed by atoms with Crippen LogP contribution in [-0.2, 0) is 14.6 Å². The Hall–Kier alpha value is -1.07. The zero-order valence-electron chi connectivity index (χ0n) is 12.0. The number of hydrogen-bond donors (Lipinski definition) is 1. The van der Waals surface area contributed by atoms with Crippen molar-refractivity contribution < 1.29 is 13.2 Å². The van der Waals surface area contributed by atoms with Gasteiger partial charge in [-0.2, -0.15) is 0 Å². The van der Waals surface area contributed by atoms with E-state index in [-0.39, 0.29) is 10.9 Å². The molecular formula is C15H20ClNO3S. The van der Waals surface area contributed by atoms with E-state index >= 15 is 0 Å². The molecule has 0 heterocycles. The highest BCUT2D eigenvalue weighted by Crippen LogP contribution is 2.21. The van der Waals surface area contributed by atoms with Crippen molar-refractivity contribution >= 4 is 27.3 Å². The average molecular weight is 330 g/mol. The third kappa shape index (κ3) is 3.98. The minimum atomic E-state index is -3.71. The van der Waals surface area contributed by atoms with Crippen LogP contribution in [0, 0.1) is 0 Å². The molecule has 0 radical (unpaired) electrons. The molecule has 1 saturated carbocycles. The van der Waals surface area contributed by atoms with Crippen LogP contribution >= 0.6 is 11.6 Å². The van der Waals surface area contributed by atoms with E-state index in [1.165, 1.54) is 25.5 Å². The monoisotopic (exact) mass is 329 g/mol. The van der Waals surface area contributed by atoms with Crippen molar-refractivity contribution in [3.8, 4) is 0 Å². The van der Waals surface area contributed by atoms with Crippen LogP contribution in [0.1, 0.15) is 39.0 Å². The Kier molecular flexibility index (Phi) is 5.27. The number of rotatable bonds is 4. The first-order chi connectivity index (χ1) is 9.91. The smallest absolute Gasteiger partial charge is 0.238 e. The second-order valence-corrected chi connectivity index (χ2v) is 8.19. The maximum atomic E-state index is 12.4. The lowest BCUT2D eigenvalue weighted by Crippen LogP contribution is -2.44. The molecule has 0 aromatic heterocycles. The van der Waals surface area contributed by atoms with Gasteiger partial charge in [0.15, 0.2) is 9.84 Å². The number of carbonyl (C=O) groups excluding carboxylic acids is 1. The van der Waals surface area contributed by atoms with E-state index in [4.69, 9.17) is 11.6 Å². The van der Waals surface area contributed by atoms with E-state index < -0.39 is 21.0 Å². The Bertz CT molecular complexity index is 609. The Morgan fingerprint density at radius 2 is 1.95 bits per heavy atom. The number of halogens is 1. The van der Waals surface area contributed by atoms with Crippen molar-refractivity contribution in [2.75, 3.05) is 0 Å². The van der Waals surface area contributed by atoms with Crippen molar-refractivity contribution in [3.63, 3.8) is 0 Å². The fraction of sp³-hybridized carbons (Fsp3) is 0.533. The van der Waals surface area contributed by atoms with Crippen LogP contribution in [0.4, 0.5) is 0 Å². The molecule has 0 spiro atoms. The van der Waals surface area contributed by atoms with Gasteiger partial charge in [0.2, 0.25) is 5.91 Å². The zero-order valence-corrected chi connectivity index (χ0v) is 13.6. The summed E-state index contributed by atoms with van der Waals surface area (Å²) in [7, 11) is -3.71. The molecular weight excluding hydrogens is 310 g/mol. The van der Waals surface area contributed by atoms with Gasteiger partial charge in [0.25, 0.3) is 0 Å². The first-order valence-corrected chi connectivity index (χ1v) is 9.13. The second-order valence-electron chi connectivity index (χ2n) is 5.49. The Morgan fingerprint density at radius 1 is 1.29 bits per heavy atom. The molecule has 4 nitrogen and oxygen atoms in total. The van der Waals surface area contributed by atoms with Gasteiger partial charge < -0.3 is 5.32 Å². The summed E-state index contributed by atoms with van der Waals surface area (Å²) in [4.78, 5) is 12.3. The van der Waals surface area contributed by atoms with Gasteiger partial charge in [0.05, 0.1) is 4.90 Å². The molecule has 0 saturated heterocycles. The third-order valence-corrected chi connectivity index (χ3v) is 6.20. The standard InChI is InChI=1S/C15H20ClNO3S/c1-11(15(18)17-13-7-3-2-4-8-13)21(19,20)14-9-5-6-12(16)10-14/h5-6,9-11,13H,2-4,7-8H2,1H3,(H,17,18). The third-order valence-electron chi connectivity index (χ3n) is 3.91. The van der Waals surface area contributed by atoms with E-state index in [9.17, 15) is 13.2 Å². The first kappa shape index (κ1) is 16.3. The molecule has 1 fully saturated rings.